The number of nitrogens with zero attached hydrogens (tertiary/aromatic N) is 3. The molecule has 2 amide bonds. The van der Waals surface area contributed by atoms with Gasteiger partial charge in [0.1, 0.15) is 0 Å². The van der Waals surface area contributed by atoms with E-state index in [4.69, 9.17) is 11.6 Å². The lowest BCUT2D eigenvalue weighted by atomic mass is 9.99. The van der Waals surface area contributed by atoms with Crippen molar-refractivity contribution < 1.29 is 9.59 Å². The van der Waals surface area contributed by atoms with Crippen molar-refractivity contribution in [3.8, 4) is 0 Å². The van der Waals surface area contributed by atoms with Gasteiger partial charge in [-0.05, 0) is 49.1 Å². The molecule has 7 nitrogen and oxygen atoms in total. The maximum atomic E-state index is 13.1. The highest BCUT2D eigenvalue weighted by atomic mass is 35.5. The summed E-state index contributed by atoms with van der Waals surface area (Å²) in [5, 5.41) is 6.87. The molecule has 0 radical (unpaired) electrons. The smallest absolute Gasteiger partial charge is 0.255 e. The molecule has 1 aromatic carbocycles. The van der Waals surface area contributed by atoms with Crippen molar-refractivity contribution in [1.29, 1.82) is 0 Å². The van der Waals surface area contributed by atoms with Crippen LogP contribution in [0.25, 0.3) is 0 Å². The first kappa shape index (κ1) is 21.6. The Morgan fingerprint density at radius 1 is 1.06 bits per heavy atom. The molecule has 8 heteroatoms. The highest BCUT2D eigenvalue weighted by molar-refractivity contribution is 6.30. The van der Waals surface area contributed by atoms with E-state index in [2.05, 4.69) is 27.4 Å². The summed E-state index contributed by atoms with van der Waals surface area (Å²) < 4.78 is 0. The van der Waals surface area contributed by atoms with Crippen LogP contribution >= 0.6 is 11.6 Å². The summed E-state index contributed by atoms with van der Waals surface area (Å²) in [5.41, 5.74) is 1.55. The number of nitrogens with one attached hydrogen (secondary N) is 2. The van der Waals surface area contributed by atoms with Gasteiger partial charge in [-0.1, -0.05) is 18.5 Å². The summed E-state index contributed by atoms with van der Waals surface area (Å²) in [5.74, 6) is 1.04. The fourth-order valence-electron chi connectivity index (χ4n) is 3.99. The maximum Gasteiger partial charge on any atom is 0.255 e. The lowest BCUT2D eigenvalue weighted by Gasteiger charge is -2.32. The van der Waals surface area contributed by atoms with Crippen molar-refractivity contribution in [3.63, 3.8) is 0 Å². The first-order valence-corrected chi connectivity index (χ1v) is 11.2. The number of halogens is 1. The first-order chi connectivity index (χ1) is 15.0. The highest BCUT2D eigenvalue weighted by Crippen LogP contribution is 2.27. The molecule has 2 aliphatic heterocycles. The minimum absolute atomic E-state index is 0.0340. The van der Waals surface area contributed by atoms with Crippen LogP contribution < -0.4 is 15.5 Å². The molecule has 31 heavy (non-hydrogen) atoms. The van der Waals surface area contributed by atoms with E-state index in [1.54, 1.807) is 36.5 Å². The Kier molecular flexibility index (Phi) is 6.73. The topological polar surface area (TPSA) is 77.6 Å². The number of rotatable bonds is 4. The Hall–Kier alpha value is -2.64. The molecule has 2 saturated heterocycles. The van der Waals surface area contributed by atoms with Gasteiger partial charge >= 0.3 is 0 Å². The third-order valence-electron chi connectivity index (χ3n) is 5.96. The Morgan fingerprint density at radius 2 is 1.74 bits per heavy atom. The number of carbonyl (C=O) groups excluding carboxylic acids is 2. The van der Waals surface area contributed by atoms with Gasteiger partial charge in [0.05, 0.1) is 11.3 Å². The summed E-state index contributed by atoms with van der Waals surface area (Å²) in [6.07, 6.45) is 3.66. The fraction of sp³-hybridized carbons (Fsp3) is 0.435. The summed E-state index contributed by atoms with van der Waals surface area (Å²) in [4.78, 5) is 34.6. The van der Waals surface area contributed by atoms with Crippen molar-refractivity contribution in [3.05, 3.63) is 52.7 Å². The zero-order valence-corrected chi connectivity index (χ0v) is 18.5. The van der Waals surface area contributed by atoms with Crippen LogP contribution in [0.1, 0.15) is 40.5 Å². The van der Waals surface area contributed by atoms with E-state index in [0.29, 0.717) is 33.6 Å². The molecule has 164 valence electrons. The van der Waals surface area contributed by atoms with Crippen LogP contribution in [-0.4, -0.2) is 61.0 Å². The third kappa shape index (κ3) is 5.17. The van der Waals surface area contributed by atoms with E-state index in [9.17, 15) is 9.59 Å². The summed E-state index contributed by atoms with van der Waals surface area (Å²) in [6, 6.07) is 8.49. The van der Waals surface area contributed by atoms with Crippen LogP contribution in [0.4, 0.5) is 11.5 Å². The van der Waals surface area contributed by atoms with Crippen LogP contribution in [0.5, 0.6) is 0 Å². The third-order valence-corrected chi connectivity index (χ3v) is 6.21. The number of pyridine rings is 1. The van der Waals surface area contributed by atoms with Crippen LogP contribution in [0.3, 0.4) is 0 Å². The number of aromatic nitrogens is 1. The molecule has 4 rings (SSSR count). The number of carbonyl (C=O) groups is 2. The van der Waals surface area contributed by atoms with Crippen molar-refractivity contribution in [2.45, 2.75) is 19.8 Å². The highest BCUT2D eigenvalue weighted by Gasteiger charge is 2.24. The molecule has 0 atom stereocenters. The molecule has 1 aromatic heterocycles. The molecule has 0 saturated carbocycles. The molecule has 0 unspecified atom stereocenters. The largest absolute Gasteiger partial charge is 0.352 e. The number of hydrogen-bond donors (Lipinski definition) is 2. The molecule has 2 fully saturated rings. The monoisotopic (exact) mass is 441 g/mol. The van der Waals surface area contributed by atoms with Crippen molar-refractivity contribution in [1.82, 2.24) is 15.2 Å². The number of piperidine rings is 1. The Bertz CT molecular complexity index is 935. The van der Waals surface area contributed by atoms with Crippen molar-refractivity contribution in [2.24, 2.45) is 5.92 Å². The predicted octanol–water partition coefficient (Wildman–Crippen LogP) is 3.27. The molecule has 2 N–H and O–H groups in total. The molecule has 0 spiro atoms. The second kappa shape index (κ2) is 9.66. The molecule has 2 aromatic rings. The van der Waals surface area contributed by atoms with E-state index in [-0.39, 0.29) is 11.8 Å². The van der Waals surface area contributed by atoms with E-state index >= 15 is 0 Å². The Labute approximate surface area is 187 Å². The predicted molar refractivity (Wildman–Crippen MR) is 123 cm³/mol. The number of benzene rings is 1. The van der Waals surface area contributed by atoms with Gasteiger partial charge in [-0.3, -0.25) is 9.59 Å². The quantitative estimate of drug-likeness (QED) is 0.761. The Balaban J connectivity index is 1.60. The summed E-state index contributed by atoms with van der Waals surface area (Å²) in [7, 11) is 0. The average Bonchev–Trinajstić information content (AvgIpc) is 2.80. The lowest BCUT2D eigenvalue weighted by Crippen LogP contribution is -2.44. The second-order valence-corrected chi connectivity index (χ2v) is 8.70. The molecular formula is C23H28ClN5O2. The number of likely N-dealkylation sites (tertiary alicyclic amines) is 1. The van der Waals surface area contributed by atoms with Gasteiger partial charge in [0.2, 0.25) is 0 Å². The van der Waals surface area contributed by atoms with E-state index in [1.165, 1.54) is 0 Å². The van der Waals surface area contributed by atoms with E-state index in [1.807, 2.05) is 4.90 Å². The number of piperazine rings is 1. The van der Waals surface area contributed by atoms with Crippen LogP contribution in [-0.2, 0) is 0 Å². The summed E-state index contributed by atoms with van der Waals surface area (Å²) in [6.45, 7) is 6.99. The SMILES string of the molecule is CC1CCN(C(=O)c2cnc(N3CCNCC3)c(NC(=O)c3ccc(Cl)cc3)c2)CC1. The lowest BCUT2D eigenvalue weighted by molar-refractivity contribution is 0.0696. The van der Waals surface area contributed by atoms with Gasteiger partial charge in [-0.15, -0.1) is 0 Å². The minimum atomic E-state index is -0.258. The average molecular weight is 442 g/mol. The minimum Gasteiger partial charge on any atom is -0.352 e. The number of anilines is 2. The zero-order valence-electron chi connectivity index (χ0n) is 17.7. The first-order valence-electron chi connectivity index (χ1n) is 10.8. The van der Waals surface area contributed by atoms with Gasteiger partial charge in [0, 0.05) is 56.1 Å². The number of hydrogen-bond acceptors (Lipinski definition) is 5. The van der Waals surface area contributed by atoms with Gasteiger partial charge in [0.25, 0.3) is 11.8 Å². The van der Waals surface area contributed by atoms with Gasteiger partial charge in [-0.25, -0.2) is 4.98 Å². The van der Waals surface area contributed by atoms with Crippen LogP contribution in [0.2, 0.25) is 5.02 Å². The second-order valence-electron chi connectivity index (χ2n) is 8.27. The van der Waals surface area contributed by atoms with Crippen molar-refractivity contribution >= 4 is 34.9 Å². The van der Waals surface area contributed by atoms with Crippen LogP contribution in [0, 0.1) is 5.92 Å². The maximum absolute atomic E-state index is 13.1. The fourth-order valence-corrected chi connectivity index (χ4v) is 4.11. The molecular weight excluding hydrogens is 414 g/mol. The standard InChI is InChI=1S/C23H28ClN5O2/c1-16-6-10-29(11-7-16)23(31)18-14-20(21(26-15-18)28-12-8-25-9-13-28)27-22(30)17-2-4-19(24)5-3-17/h2-5,14-16,25H,6-13H2,1H3,(H,27,30). The van der Waals surface area contributed by atoms with E-state index < -0.39 is 0 Å². The molecule has 2 aliphatic rings. The molecule has 0 bridgehead atoms. The van der Waals surface area contributed by atoms with Gasteiger partial charge in [0.15, 0.2) is 5.82 Å². The zero-order chi connectivity index (χ0) is 21.8. The molecule has 3 heterocycles. The van der Waals surface area contributed by atoms with E-state index in [0.717, 1.165) is 52.1 Å². The van der Waals surface area contributed by atoms with Crippen molar-refractivity contribution in [2.75, 3.05) is 49.5 Å². The Morgan fingerprint density at radius 3 is 2.42 bits per heavy atom. The van der Waals surface area contributed by atoms with Gasteiger partial charge < -0.3 is 20.4 Å². The number of amides is 2. The van der Waals surface area contributed by atoms with Gasteiger partial charge in [-0.2, -0.15) is 0 Å². The molecule has 0 aliphatic carbocycles. The summed E-state index contributed by atoms with van der Waals surface area (Å²) >= 11 is 5.95. The normalized spacial score (nSPS) is 17.5. The van der Waals surface area contributed by atoms with Crippen LogP contribution in [0.15, 0.2) is 36.5 Å².